The van der Waals surface area contributed by atoms with E-state index in [0.717, 1.165) is 17.9 Å². The van der Waals surface area contributed by atoms with Crippen LogP contribution in [-0.2, 0) is 6.54 Å². The Morgan fingerprint density at radius 3 is 2.67 bits per heavy atom. The summed E-state index contributed by atoms with van der Waals surface area (Å²) in [6.07, 6.45) is 1.70. The normalized spacial score (nSPS) is 9.93. The van der Waals surface area contributed by atoms with E-state index in [1.165, 1.54) is 5.56 Å². The van der Waals surface area contributed by atoms with Crippen molar-refractivity contribution in [2.24, 2.45) is 0 Å². The molecule has 0 fully saturated rings. The standard InChI is InChI=1S/C12H13N3/c1-10-7-8-14-15-12(10)13-9-11-5-3-2-4-6-11/h2-8H,9H2,1H3,(H,13,15). The second-order valence-corrected chi connectivity index (χ2v) is 3.40. The van der Waals surface area contributed by atoms with Crippen molar-refractivity contribution in [2.45, 2.75) is 13.5 Å². The Bertz CT molecular complexity index is 426. The van der Waals surface area contributed by atoms with Crippen LogP contribution in [0.1, 0.15) is 11.1 Å². The van der Waals surface area contributed by atoms with E-state index in [2.05, 4.69) is 27.6 Å². The van der Waals surface area contributed by atoms with E-state index < -0.39 is 0 Å². The summed E-state index contributed by atoms with van der Waals surface area (Å²) in [7, 11) is 0. The predicted molar refractivity (Wildman–Crippen MR) is 60.5 cm³/mol. The minimum absolute atomic E-state index is 0.778. The van der Waals surface area contributed by atoms with E-state index in [-0.39, 0.29) is 0 Å². The monoisotopic (exact) mass is 199 g/mol. The van der Waals surface area contributed by atoms with Crippen molar-refractivity contribution in [3.63, 3.8) is 0 Å². The Morgan fingerprint density at radius 1 is 1.13 bits per heavy atom. The third-order valence-electron chi connectivity index (χ3n) is 2.23. The molecule has 1 N–H and O–H groups in total. The van der Waals surface area contributed by atoms with E-state index in [1.54, 1.807) is 6.20 Å². The van der Waals surface area contributed by atoms with Crippen LogP contribution < -0.4 is 5.32 Å². The Morgan fingerprint density at radius 2 is 1.93 bits per heavy atom. The molecular formula is C12H13N3. The highest BCUT2D eigenvalue weighted by atomic mass is 15.2. The van der Waals surface area contributed by atoms with Gasteiger partial charge in [-0.15, -0.1) is 5.10 Å². The molecule has 0 saturated heterocycles. The summed E-state index contributed by atoms with van der Waals surface area (Å²) < 4.78 is 0. The maximum absolute atomic E-state index is 4.03. The number of nitrogens with one attached hydrogen (secondary N) is 1. The number of aryl methyl sites for hydroxylation is 1. The van der Waals surface area contributed by atoms with Crippen molar-refractivity contribution in [1.29, 1.82) is 0 Å². The Hall–Kier alpha value is -1.90. The van der Waals surface area contributed by atoms with Crippen LogP contribution in [0, 0.1) is 6.92 Å². The quantitative estimate of drug-likeness (QED) is 0.824. The van der Waals surface area contributed by atoms with Crippen molar-refractivity contribution < 1.29 is 0 Å². The largest absolute Gasteiger partial charge is 0.364 e. The number of anilines is 1. The first kappa shape index (κ1) is 9.65. The fourth-order valence-electron chi connectivity index (χ4n) is 1.35. The molecule has 1 aromatic carbocycles. The highest BCUT2D eigenvalue weighted by Crippen LogP contribution is 2.09. The van der Waals surface area contributed by atoms with Gasteiger partial charge in [0.1, 0.15) is 0 Å². The zero-order valence-electron chi connectivity index (χ0n) is 8.64. The lowest BCUT2D eigenvalue weighted by molar-refractivity contribution is 0.986. The molecule has 0 atom stereocenters. The van der Waals surface area contributed by atoms with Crippen LogP contribution in [0.25, 0.3) is 0 Å². The van der Waals surface area contributed by atoms with Crippen LogP contribution in [0.15, 0.2) is 42.6 Å². The Balaban J connectivity index is 2.03. The van der Waals surface area contributed by atoms with Crippen LogP contribution in [0.2, 0.25) is 0 Å². The summed E-state index contributed by atoms with van der Waals surface area (Å²) in [4.78, 5) is 0. The molecule has 0 aliphatic heterocycles. The second kappa shape index (κ2) is 4.55. The van der Waals surface area contributed by atoms with E-state index in [4.69, 9.17) is 0 Å². The zero-order chi connectivity index (χ0) is 10.5. The first-order valence-electron chi connectivity index (χ1n) is 4.92. The van der Waals surface area contributed by atoms with E-state index in [9.17, 15) is 0 Å². The van der Waals surface area contributed by atoms with E-state index in [1.807, 2.05) is 31.2 Å². The van der Waals surface area contributed by atoms with Gasteiger partial charge in [-0.3, -0.25) is 0 Å². The first-order chi connectivity index (χ1) is 7.36. The van der Waals surface area contributed by atoms with Gasteiger partial charge in [0.05, 0.1) is 6.20 Å². The van der Waals surface area contributed by atoms with Gasteiger partial charge in [-0.05, 0) is 24.1 Å². The molecule has 0 aliphatic carbocycles. The van der Waals surface area contributed by atoms with Crippen LogP contribution in [0.3, 0.4) is 0 Å². The van der Waals surface area contributed by atoms with Crippen molar-refractivity contribution in [3.8, 4) is 0 Å². The topological polar surface area (TPSA) is 37.8 Å². The fourth-order valence-corrected chi connectivity index (χ4v) is 1.35. The van der Waals surface area contributed by atoms with Crippen molar-refractivity contribution in [1.82, 2.24) is 10.2 Å². The molecule has 0 radical (unpaired) electrons. The number of rotatable bonds is 3. The molecule has 0 bridgehead atoms. The highest BCUT2D eigenvalue weighted by Gasteiger charge is 1.98. The van der Waals surface area contributed by atoms with Gasteiger partial charge < -0.3 is 5.32 Å². The van der Waals surface area contributed by atoms with Crippen LogP contribution >= 0.6 is 0 Å². The van der Waals surface area contributed by atoms with Crippen LogP contribution in [0.4, 0.5) is 5.82 Å². The van der Waals surface area contributed by atoms with Crippen LogP contribution in [0.5, 0.6) is 0 Å². The summed E-state index contributed by atoms with van der Waals surface area (Å²) >= 11 is 0. The number of benzene rings is 1. The number of aromatic nitrogens is 2. The van der Waals surface area contributed by atoms with E-state index in [0.29, 0.717) is 0 Å². The number of nitrogens with zero attached hydrogens (tertiary/aromatic N) is 2. The SMILES string of the molecule is Cc1ccnnc1NCc1ccccc1. The molecule has 2 aromatic rings. The first-order valence-corrected chi connectivity index (χ1v) is 4.92. The lowest BCUT2D eigenvalue weighted by Gasteiger charge is -2.06. The molecule has 0 aliphatic rings. The maximum atomic E-state index is 4.03. The van der Waals surface area contributed by atoms with Gasteiger partial charge in [0.25, 0.3) is 0 Å². The van der Waals surface area contributed by atoms with Crippen molar-refractivity contribution in [2.75, 3.05) is 5.32 Å². The molecule has 1 aromatic heterocycles. The summed E-state index contributed by atoms with van der Waals surface area (Å²) in [6, 6.07) is 12.2. The molecule has 0 spiro atoms. The van der Waals surface area contributed by atoms with E-state index >= 15 is 0 Å². The Kier molecular flexibility index (Phi) is 2.93. The summed E-state index contributed by atoms with van der Waals surface area (Å²) in [5, 5.41) is 11.1. The van der Waals surface area contributed by atoms with Gasteiger partial charge >= 0.3 is 0 Å². The average Bonchev–Trinajstić information content (AvgIpc) is 2.29. The molecule has 76 valence electrons. The molecule has 0 unspecified atom stereocenters. The zero-order valence-corrected chi connectivity index (χ0v) is 8.64. The van der Waals surface area contributed by atoms with Crippen molar-refractivity contribution in [3.05, 3.63) is 53.7 Å². The van der Waals surface area contributed by atoms with Gasteiger partial charge in [-0.1, -0.05) is 30.3 Å². The number of hydrogen-bond donors (Lipinski definition) is 1. The third-order valence-corrected chi connectivity index (χ3v) is 2.23. The summed E-state index contributed by atoms with van der Waals surface area (Å²) in [5.41, 5.74) is 2.35. The highest BCUT2D eigenvalue weighted by molar-refractivity contribution is 5.41. The van der Waals surface area contributed by atoms with Crippen LogP contribution in [-0.4, -0.2) is 10.2 Å². The summed E-state index contributed by atoms with van der Waals surface area (Å²) in [6.45, 7) is 2.79. The molecule has 15 heavy (non-hydrogen) atoms. The smallest absolute Gasteiger partial charge is 0.151 e. The van der Waals surface area contributed by atoms with Gasteiger partial charge in [0.2, 0.25) is 0 Å². The lowest BCUT2D eigenvalue weighted by atomic mass is 10.2. The fraction of sp³-hybridized carbons (Fsp3) is 0.167. The molecule has 1 heterocycles. The molecule has 0 saturated carbocycles. The number of hydrogen-bond acceptors (Lipinski definition) is 3. The van der Waals surface area contributed by atoms with Gasteiger partial charge in [-0.2, -0.15) is 5.10 Å². The summed E-state index contributed by atoms with van der Waals surface area (Å²) in [5.74, 6) is 0.848. The second-order valence-electron chi connectivity index (χ2n) is 3.40. The molecule has 0 amide bonds. The molecule has 2 rings (SSSR count). The predicted octanol–water partition coefficient (Wildman–Crippen LogP) is 2.40. The molecular weight excluding hydrogens is 186 g/mol. The Labute approximate surface area is 89.2 Å². The lowest BCUT2D eigenvalue weighted by Crippen LogP contribution is -2.03. The minimum atomic E-state index is 0.778. The third kappa shape index (κ3) is 2.53. The molecule has 3 nitrogen and oxygen atoms in total. The maximum Gasteiger partial charge on any atom is 0.151 e. The average molecular weight is 199 g/mol. The van der Waals surface area contributed by atoms with Crippen molar-refractivity contribution >= 4 is 5.82 Å². The van der Waals surface area contributed by atoms with Gasteiger partial charge in [0, 0.05) is 6.54 Å². The van der Waals surface area contributed by atoms with Gasteiger partial charge in [-0.25, -0.2) is 0 Å². The minimum Gasteiger partial charge on any atom is -0.364 e. The van der Waals surface area contributed by atoms with Gasteiger partial charge in [0.15, 0.2) is 5.82 Å². The molecule has 3 heteroatoms.